The van der Waals surface area contributed by atoms with E-state index in [2.05, 4.69) is 14.2 Å². The summed E-state index contributed by atoms with van der Waals surface area (Å²) in [6.07, 6.45) is -4.77. The fourth-order valence-electron chi connectivity index (χ4n) is 12.7. The number of ether oxygens (including phenoxy) is 8. The summed E-state index contributed by atoms with van der Waals surface area (Å²) in [6.45, 7) is 30.4. The molecule has 0 spiro atoms. The highest BCUT2D eigenvalue weighted by Gasteiger charge is 2.83. The quantitative estimate of drug-likeness (QED) is 0.0601. The Balaban J connectivity index is -0.000000397. The van der Waals surface area contributed by atoms with E-state index in [0.717, 1.165) is 32.1 Å². The van der Waals surface area contributed by atoms with Crippen molar-refractivity contribution in [3.8, 4) is 0 Å². The van der Waals surface area contributed by atoms with Crippen LogP contribution in [0, 0.1) is 44.3 Å². The molecule has 594 valence electrons. The van der Waals surface area contributed by atoms with Crippen LogP contribution in [0.5, 0.6) is 0 Å². The first-order valence-corrected chi connectivity index (χ1v) is 31.5. The van der Waals surface area contributed by atoms with Crippen LogP contribution in [-0.4, -0.2) is 152 Å². The van der Waals surface area contributed by atoms with Crippen molar-refractivity contribution in [2.45, 2.75) is 369 Å². The van der Waals surface area contributed by atoms with Crippen molar-refractivity contribution in [2.75, 3.05) is 19.8 Å². The van der Waals surface area contributed by atoms with Gasteiger partial charge in [0.05, 0.1) is 58.1 Å². The number of cyclic esters (lactones) is 1. The second-order valence-electron chi connectivity index (χ2n) is 30.9. The standard InChI is InChI=1S/C22H38O4.C20H31F5O5.C12H17F5O4.C10H16O4.8CH4/c1-8-17(2,3)16(23)26-22-11-15-9-20(13-22,18(4,5)24)12-21(10-15,14-22)19(6,7)25;1-6-16(2,3)15(26)29-13-9-7-12(8-10-13)17(4,5)30-14-11-28-19(27,18(14,21)22)20(23,24)25;1-5-8(2,3)7(18)21-9(4)6-20-11(19,10(9,13)14)12(15,16)17;1-4-10(2,3)9(12)14-7-5-8(11)13-6-7;;;;;;;;/h15,24-25H,8-14H2,1-7H3;12-14,27H,6-11H2,1-5H3;19H,5-6H2,1-4H3;7H,4-6H2,1-3H3;8*1H4. The largest absolute Gasteiger partial charge is 0.462 e. The average molecular weight is 1460 g/mol. The monoisotopic (exact) mass is 1460 g/mol. The molecule has 8 rings (SSSR count). The van der Waals surface area contributed by atoms with Crippen LogP contribution >= 0.6 is 0 Å². The third kappa shape index (κ3) is 21.1. The number of carbonyl (C=O) groups is 5. The van der Waals surface area contributed by atoms with Gasteiger partial charge in [0.2, 0.25) is 5.60 Å². The number of hydrogen-bond acceptors (Lipinski definition) is 17. The molecule has 0 aromatic heterocycles. The van der Waals surface area contributed by atoms with Crippen LogP contribution in [0.4, 0.5) is 43.9 Å². The number of esters is 5. The average Bonchev–Trinajstić information content (AvgIpc) is 1.47. The normalized spacial score (nSPS) is 30.6. The van der Waals surface area contributed by atoms with Gasteiger partial charge < -0.3 is 58.3 Å². The Bertz CT molecular complexity index is 2550. The summed E-state index contributed by atoms with van der Waals surface area (Å²) in [5.74, 6) is -20.7. The van der Waals surface area contributed by atoms with Crippen LogP contribution < -0.4 is 0 Å². The van der Waals surface area contributed by atoms with Gasteiger partial charge in [0, 0.05) is 10.8 Å². The summed E-state index contributed by atoms with van der Waals surface area (Å²) in [5, 5.41) is 40.8. The van der Waals surface area contributed by atoms with E-state index in [9.17, 15) is 88.3 Å². The fourth-order valence-corrected chi connectivity index (χ4v) is 12.7. The maximum absolute atomic E-state index is 14.3. The number of halogens is 10. The number of hydrogen-bond donors (Lipinski definition) is 4. The maximum atomic E-state index is 14.3. The highest BCUT2D eigenvalue weighted by Crippen LogP contribution is 2.73. The number of aliphatic hydroxyl groups is 4. The number of carbonyl (C=O) groups excluding carboxylic acids is 5. The van der Waals surface area contributed by atoms with E-state index in [1.54, 1.807) is 20.8 Å². The Kier molecular flexibility index (Phi) is 36.3. The topological polar surface area (TPSA) is 240 Å². The van der Waals surface area contributed by atoms with Crippen molar-refractivity contribution in [3.05, 3.63) is 0 Å². The van der Waals surface area contributed by atoms with Crippen LogP contribution in [0.1, 0.15) is 287 Å². The minimum atomic E-state index is -5.74. The first-order valence-electron chi connectivity index (χ1n) is 31.5. The van der Waals surface area contributed by atoms with Gasteiger partial charge in [0.1, 0.15) is 24.4 Å². The Hall–Kier alpha value is -3.63. The smallest absolute Gasteiger partial charge is 0.449 e. The molecule has 5 aliphatic carbocycles. The van der Waals surface area contributed by atoms with Crippen molar-refractivity contribution in [3.63, 3.8) is 0 Å². The summed E-state index contributed by atoms with van der Waals surface area (Å²) in [4.78, 5) is 59.3. The lowest BCUT2D eigenvalue weighted by atomic mass is 9.37. The molecule has 7 atom stereocenters. The summed E-state index contributed by atoms with van der Waals surface area (Å²) in [6, 6.07) is 0. The van der Waals surface area contributed by atoms with Gasteiger partial charge in [-0.3, -0.25) is 24.0 Å². The van der Waals surface area contributed by atoms with Crippen LogP contribution in [0.25, 0.3) is 0 Å². The van der Waals surface area contributed by atoms with E-state index in [4.69, 9.17) is 23.7 Å². The summed E-state index contributed by atoms with van der Waals surface area (Å²) in [7, 11) is 0. The molecule has 0 radical (unpaired) electrons. The second-order valence-corrected chi connectivity index (χ2v) is 30.9. The first kappa shape index (κ1) is 104. The van der Waals surface area contributed by atoms with Gasteiger partial charge in [0.25, 0.3) is 0 Å². The molecular weight excluding hydrogens is 1330 g/mol. The molecule has 27 heteroatoms. The van der Waals surface area contributed by atoms with Crippen LogP contribution in [-0.2, 0) is 61.9 Å². The van der Waals surface area contributed by atoms with Crippen molar-refractivity contribution in [1.29, 1.82) is 0 Å². The van der Waals surface area contributed by atoms with Gasteiger partial charge in [-0.05, 0) is 206 Å². The molecule has 4 N–H and O–H groups in total. The molecule has 0 amide bonds. The van der Waals surface area contributed by atoms with Crippen molar-refractivity contribution >= 4 is 29.8 Å². The van der Waals surface area contributed by atoms with E-state index in [-0.39, 0.29) is 132 Å². The molecule has 0 aromatic carbocycles. The number of rotatable bonds is 17. The van der Waals surface area contributed by atoms with Gasteiger partial charge in [-0.1, -0.05) is 87.1 Å². The molecular formula is C72H134F10O17. The third-order valence-corrected chi connectivity index (χ3v) is 21.2. The molecule has 3 heterocycles. The molecule has 8 aliphatic rings. The molecule has 3 saturated heterocycles. The lowest BCUT2D eigenvalue weighted by molar-refractivity contribution is -0.409. The summed E-state index contributed by atoms with van der Waals surface area (Å²) >= 11 is 0. The molecule has 3 aliphatic heterocycles. The molecule has 0 aromatic rings. The van der Waals surface area contributed by atoms with Gasteiger partial charge >= 0.3 is 65.6 Å². The minimum absolute atomic E-state index is 0. The minimum Gasteiger partial charge on any atom is -0.462 e. The predicted octanol–water partition coefficient (Wildman–Crippen LogP) is 17.8. The molecule has 4 bridgehead atoms. The lowest BCUT2D eigenvalue weighted by Gasteiger charge is -2.70. The Morgan fingerprint density at radius 1 is 0.515 bits per heavy atom. The van der Waals surface area contributed by atoms with Gasteiger partial charge in [-0.2, -0.15) is 43.9 Å². The zero-order valence-electron chi connectivity index (χ0n) is 56.5. The number of alkyl halides is 10. The van der Waals surface area contributed by atoms with E-state index in [1.807, 2.05) is 76.2 Å². The first-order chi connectivity index (χ1) is 40.7. The van der Waals surface area contributed by atoms with Crippen LogP contribution in [0.15, 0.2) is 0 Å². The highest BCUT2D eigenvalue weighted by molar-refractivity contribution is 5.78. The molecule has 8 fully saturated rings. The van der Waals surface area contributed by atoms with E-state index in [0.29, 0.717) is 64.2 Å². The van der Waals surface area contributed by atoms with Crippen LogP contribution in [0.3, 0.4) is 0 Å². The fraction of sp³-hybridized carbons (Fsp3) is 0.931. The summed E-state index contributed by atoms with van der Waals surface area (Å²) < 4.78 is 173. The van der Waals surface area contributed by atoms with Gasteiger partial charge in [-0.15, -0.1) is 0 Å². The van der Waals surface area contributed by atoms with Gasteiger partial charge in [-0.25, -0.2) is 0 Å². The van der Waals surface area contributed by atoms with Crippen LogP contribution in [0.2, 0.25) is 0 Å². The van der Waals surface area contributed by atoms with Crippen molar-refractivity contribution in [1.82, 2.24) is 0 Å². The highest BCUT2D eigenvalue weighted by atomic mass is 19.4. The maximum Gasteiger partial charge on any atom is 0.449 e. The van der Waals surface area contributed by atoms with Crippen molar-refractivity contribution in [2.24, 2.45) is 44.3 Å². The Labute approximate surface area is 587 Å². The SMILES string of the molecule is C.C.C.C.C.C.C.C.CCC(C)(C)C(=O)OC1(C)COC(O)(C(F)(F)F)C1(F)F.CCC(C)(C)C(=O)OC12CC3CC(C(C)(C)O)(C1)CC(C(C)(C)O)(C3)C2.CCC(C)(C)C(=O)OC1CCC(C(C)(C)OC2COC(O)(C(F)(F)F)C2(F)F)CC1.CCC(C)(C)C(=O)OC1COC(=O)C1. The van der Waals surface area contributed by atoms with Gasteiger partial charge in [0.15, 0.2) is 6.10 Å². The predicted molar refractivity (Wildman–Crippen MR) is 362 cm³/mol. The molecule has 5 saturated carbocycles. The van der Waals surface area contributed by atoms with Crippen molar-refractivity contribution < 1.29 is 126 Å². The lowest BCUT2D eigenvalue weighted by Crippen LogP contribution is -2.70. The summed E-state index contributed by atoms with van der Waals surface area (Å²) in [5.41, 5.74) is -9.72. The molecule has 99 heavy (non-hydrogen) atoms. The Morgan fingerprint density at radius 3 is 1.22 bits per heavy atom. The van der Waals surface area contributed by atoms with E-state index >= 15 is 0 Å². The molecule has 17 nitrogen and oxygen atoms in total. The third-order valence-electron chi connectivity index (χ3n) is 21.2. The zero-order valence-corrected chi connectivity index (χ0v) is 56.5. The molecule has 7 unspecified atom stereocenters. The second kappa shape index (κ2) is 34.5. The Morgan fingerprint density at radius 2 is 0.889 bits per heavy atom. The van der Waals surface area contributed by atoms with E-state index in [1.165, 1.54) is 27.7 Å². The zero-order chi connectivity index (χ0) is 70.7. The van der Waals surface area contributed by atoms with E-state index < -0.39 is 111 Å².